The Morgan fingerprint density at radius 2 is 2.00 bits per heavy atom. The molecule has 1 atom stereocenters. The fraction of sp³-hybridized carbons (Fsp3) is 0.529. The maximum absolute atomic E-state index is 12.9. The zero-order chi connectivity index (χ0) is 14.8. The number of nitrogens with zero attached hydrogens (tertiary/aromatic N) is 2. The average Bonchev–Trinajstić information content (AvgIpc) is 2.55. The van der Waals surface area contributed by atoms with E-state index in [1.54, 1.807) is 0 Å². The lowest BCUT2D eigenvalue weighted by atomic mass is 9.84. The summed E-state index contributed by atoms with van der Waals surface area (Å²) in [5, 5.41) is 0.689. The number of alkyl halides is 1. The first-order valence-electron chi connectivity index (χ1n) is 7.78. The van der Waals surface area contributed by atoms with Crippen molar-refractivity contribution >= 4 is 22.5 Å². The molecular weight excluding hydrogens is 284 g/mol. The third-order valence-electron chi connectivity index (χ3n) is 4.74. The number of hydrogen-bond acceptors (Lipinski definition) is 2. The molecule has 1 aromatic heterocycles. The van der Waals surface area contributed by atoms with E-state index in [4.69, 9.17) is 11.6 Å². The minimum Gasteiger partial charge on any atom is -0.292 e. The highest BCUT2D eigenvalue weighted by Gasteiger charge is 2.24. The van der Waals surface area contributed by atoms with E-state index < -0.39 is 0 Å². The molecule has 112 valence electrons. The second kappa shape index (κ2) is 6.18. The first-order chi connectivity index (χ1) is 10.2. The Bertz CT molecular complexity index is 689. The Labute approximate surface area is 130 Å². The lowest BCUT2D eigenvalue weighted by Gasteiger charge is -2.30. The molecule has 3 nitrogen and oxygen atoms in total. The van der Waals surface area contributed by atoms with Crippen molar-refractivity contribution in [2.24, 2.45) is 5.92 Å². The molecule has 2 aromatic rings. The SMILES string of the molecule is CC(C1CCCCC1)n1c(CCl)nc2ccccc2c1=O. The third kappa shape index (κ3) is 2.71. The maximum Gasteiger partial charge on any atom is 0.261 e. The van der Waals surface area contributed by atoms with E-state index in [0.29, 0.717) is 17.1 Å². The molecule has 1 fully saturated rings. The van der Waals surface area contributed by atoms with Crippen molar-refractivity contribution in [2.45, 2.75) is 50.9 Å². The quantitative estimate of drug-likeness (QED) is 0.793. The highest BCUT2D eigenvalue weighted by Crippen LogP contribution is 2.32. The first kappa shape index (κ1) is 14.6. The van der Waals surface area contributed by atoms with Crippen LogP contribution in [0.4, 0.5) is 0 Å². The highest BCUT2D eigenvalue weighted by molar-refractivity contribution is 6.16. The average molecular weight is 305 g/mol. The molecule has 0 aliphatic heterocycles. The minimum absolute atomic E-state index is 0.0503. The summed E-state index contributed by atoms with van der Waals surface area (Å²) in [6, 6.07) is 7.70. The number of fused-ring (bicyclic) bond motifs is 1. The summed E-state index contributed by atoms with van der Waals surface area (Å²) >= 11 is 6.07. The van der Waals surface area contributed by atoms with Gasteiger partial charge >= 0.3 is 0 Å². The van der Waals surface area contributed by atoms with Crippen molar-refractivity contribution in [1.82, 2.24) is 9.55 Å². The van der Waals surface area contributed by atoms with Gasteiger partial charge in [0, 0.05) is 6.04 Å². The van der Waals surface area contributed by atoms with Crippen LogP contribution in [0, 0.1) is 5.92 Å². The van der Waals surface area contributed by atoms with Gasteiger partial charge in [-0.25, -0.2) is 4.98 Å². The van der Waals surface area contributed by atoms with E-state index in [1.165, 1.54) is 32.1 Å². The number of benzene rings is 1. The summed E-state index contributed by atoms with van der Waals surface area (Å²) in [6.45, 7) is 2.14. The van der Waals surface area contributed by atoms with Crippen LogP contribution in [0.1, 0.15) is 50.9 Å². The van der Waals surface area contributed by atoms with Gasteiger partial charge in [-0.05, 0) is 37.8 Å². The van der Waals surface area contributed by atoms with Crippen molar-refractivity contribution in [3.8, 4) is 0 Å². The highest BCUT2D eigenvalue weighted by atomic mass is 35.5. The van der Waals surface area contributed by atoms with E-state index >= 15 is 0 Å². The van der Waals surface area contributed by atoms with Gasteiger partial charge in [0.2, 0.25) is 0 Å². The molecule has 4 heteroatoms. The first-order valence-corrected chi connectivity index (χ1v) is 8.32. The minimum atomic E-state index is 0.0503. The van der Waals surface area contributed by atoms with Crippen LogP contribution in [0.3, 0.4) is 0 Å². The van der Waals surface area contributed by atoms with Gasteiger partial charge in [-0.3, -0.25) is 9.36 Å². The van der Waals surface area contributed by atoms with Crippen LogP contribution in [0.2, 0.25) is 0 Å². The van der Waals surface area contributed by atoms with E-state index in [2.05, 4.69) is 11.9 Å². The van der Waals surface area contributed by atoms with Gasteiger partial charge in [-0.15, -0.1) is 11.6 Å². The molecule has 21 heavy (non-hydrogen) atoms. The van der Waals surface area contributed by atoms with E-state index in [-0.39, 0.29) is 17.5 Å². The summed E-state index contributed by atoms with van der Waals surface area (Å²) in [4.78, 5) is 17.5. The molecule has 1 heterocycles. The number of rotatable bonds is 3. The van der Waals surface area contributed by atoms with Gasteiger partial charge in [0.25, 0.3) is 5.56 Å². The van der Waals surface area contributed by atoms with Crippen LogP contribution >= 0.6 is 11.6 Å². The van der Waals surface area contributed by atoms with Crippen LogP contribution in [0.5, 0.6) is 0 Å². The number of para-hydroxylation sites is 1. The molecular formula is C17H21ClN2O. The fourth-order valence-electron chi connectivity index (χ4n) is 3.53. The molecule has 0 saturated heterocycles. The molecule has 1 aromatic carbocycles. The van der Waals surface area contributed by atoms with E-state index in [9.17, 15) is 4.79 Å². The van der Waals surface area contributed by atoms with Gasteiger partial charge < -0.3 is 0 Å². The monoisotopic (exact) mass is 304 g/mol. The van der Waals surface area contributed by atoms with Crippen molar-refractivity contribution in [1.29, 1.82) is 0 Å². The lowest BCUT2D eigenvalue weighted by Crippen LogP contribution is -2.32. The summed E-state index contributed by atoms with van der Waals surface area (Å²) in [5.74, 6) is 1.52. The molecule has 1 aliphatic carbocycles. The molecule has 1 saturated carbocycles. The molecule has 3 rings (SSSR count). The van der Waals surface area contributed by atoms with Crippen molar-refractivity contribution in [3.05, 3.63) is 40.4 Å². The third-order valence-corrected chi connectivity index (χ3v) is 4.98. The van der Waals surface area contributed by atoms with Crippen molar-refractivity contribution < 1.29 is 0 Å². The summed E-state index contributed by atoms with van der Waals surface area (Å²) in [6.07, 6.45) is 6.24. The van der Waals surface area contributed by atoms with Crippen molar-refractivity contribution in [3.63, 3.8) is 0 Å². The Morgan fingerprint density at radius 1 is 1.29 bits per heavy atom. The van der Waals surface area contributed by atoms with Crippen LogP contribution in [-0.2, 0) is 5.88 Å². The zero-order valence-corrected chi connectivity index (χ0v) is 13.1. The van der Waals surface area contributed by atoms with Gasteiger partial charge in [0.1, 0.15) is 5.82 Å². The Balaban J connectivity index is 2.11. The molecule has 0 amide bonds. The van der Waals surface area contributed by atoms with E-state index in [1.807, 2.05) is 28.8 Å². The molecule has 0 radical (unpaired) electrons. The lowest BCUT2D eigenvalue weighted by molar-refractivity contribution is 0.256. The fourth-order valence-corrected chi connectivity index (χ4v) is 3.72. The summed E-state index contributed by atoms with van der Waals surface area (Å²) < 4.78 is 1.84. The summed E-state index contributed by atoms with van der Waals surface area (Å²) in [5.41, 5.74) is 0.791. The Kier molecular flexibility index (Phi) is 4.29. The molecule has 0 spiro atoms. The molecule has 1 aliphatic rings. The molecule has 0 N–H and O–H groups in total. The number of halogens is 1. The predicted octanol–water partition coefficient (Wildman–Crippen LogP) is 4.28. The van der Waals surface area contributed by atoms with Crippen LogP contribution in [0.15, 0.2) is 29.1 Å². The number of hydrogen-bond donors (Lipinski definition) is 0. The van der Waals surface area contributed by atoms with Crippen LogP contribution in [-0.4, -0.2) is 9.55 Å². The smallest absolute Gasteiger partial charge is 0.261 e. The Morgan fingerprint density at radius 3 is 2.71 bits per heavy atom. The summed E-state index contributed by atoms with van der Waals surface area (Å²) in [7, 11) is 0. The topological polar surface area (TPSA) is 34.9 Å². The molecule has 0 bridgehead atoms. The van der Waals surface area contributed by atoms with Gasteiger partial charge in [-0.2, -0.15) is 0 Å². The normalized spacial score (nSPS) is 18.0. The van der Waals surface area contributed by atoms with Gasteiger partial charge in [0.15, 0.2) is 0 Å². The van der Waals surface area contributed by atoms with Crippen LogP contribution in [0.25, 0.3) is 10.9 Å². The number of aromatic nitrogens is 2. The second-order valence-corrected chi connectivity index (χ2v) is 6.26. The maximum atomic E-state index is 12.9. The van der Waals surface area contributed by atoms with Gasteiger partial charge in [-0.1, -0.05) is 31.4 Å². The molecule has 1 unspecified atom stereocenters. The standard InChI is InChI=1S/C17H21ClN2O/c1-12(13-7-3-2-4-8-13)20-16(11-18)19-15-10-6-5-9-14(15)17(20)21/h5-6,9-10,12-13H,2-4,7-8,11H2,1H3. The largest absolute Gasteiger partial charge is 0.292 e. The zero-order valence-electron chi connectivity index (χ0n) is 12.4. The predicted molar refractivity (Wildman–Crippen MR) is 86.8 cm³/mol. The van der Waals surface area contributed by atoms with E-state index in [0.717, 1.165) is 5.52 Å². The Hall–Kier alpha value is -1.35. The van der Waals surface area contributed by atoms with Gasteiger partial charge in [0.05, 0.1) is 16.8 Å². The second-order valence-electron chi connectivity index (χ2n) is 5.99. The van der Waals surface area contributed by atoms with Crippen LogP contribution < -0.4 is 5.56 Å². The van der Waals surface area contributed by atoms with Crippen molar-refractivity contribution in [2.75, 3.05) is 0 Å².